The summed E-state index contributed by atoms with van der Waals surface area (Å²) in [6.45, 7) is 46.5. The van der Waals surface area contributed by atoms with Crippen LogP contribution in [-0.2, 0) is 70.4 Å². The fourth-order valence-corrected chi connectivity index (χ4v) is 20.8. The van der Waals surface area contributed by atoms with E-state index in [9.17, 15) is 40.7 Å². The standard InChI is InChI=1S/C34H42ClF3N8O3.C34H42ClF3N8O2.C28H36N8O2.2CH4.6H2S/c1-39-20-25-21-45(14-15-46(25)30(47)9-5-12-43-16-18-48-19-17-43)32-26-10-13-44(29-8-3-7-27(35)31(29)34(36,37)38)22-28(26)40-33(41-32)49-23-24-6-4-11-42(24)2;1-39-20-25-21-45(18-19-46(25)30(47)11-7-16-43-14-3-4-15-43)32-26-12-17-44(29-10-5-9-27(35)31(29)34(36,37)38)22-28(26)40-33(41-32)48-23-24-8-6-13-42(24)2;1-5-26(37)36-14-13-35(17-22(36)16-29-3)27-23-9-12-34(25-8-10-30-15-20(25)2)18-24(23)31-28(32-27)38-19-21-7-6-11-33(21)4;;;;;;;;/h3,5,7-9,24-25H,4,6,10-23H2,2H3;5,7,9-11,24-25H,3-4,6,8,12-23H2,2H3;5,8,10,15,21-22H,1,6-7,9,11-14,16-19H2,2,4H3;2*1H4;6*1H2/b9-5+;11-7+;;;;;;;;;/t2*24-,25-;21-,22-;;;;;;;;/m000......../s1. The third-order valence-electron chi connectivity index (χ3n) is 27.7. The van der Waals surface area contributed by atoms with Crippen molar-refractivity contribution < 1.29 is 59.7 Å². The van der Waals surface area contributed by atoms with Gasteiger partial charge < -0.3 is 92.3 Å². The van der Waals surface area contributed by atoms with Gasteiger partial charge in [-0.05, 0) is 173 Å². The number of fused-ring (bicyclic) bond motifs is 3. The topological polar surface area (TPSA) is 237 Å². The van der Waals surface area contributed by atoms with E-state index < -0.39 is 23.5 Å². The van der Waals surface area contributed by atoms with Crippen molar-refractivity contribution in [1.29, 1.82) is 0 Å². The highest BCUT2D eigenvalue weighted by Crippen LogP contribution is 2.46. The van der Waals surface area contributed by atoms with Crippen LogP contribution in [0.2, 0.25) is 10.0 Å². The van der Waals surface area contributed by atoms with Crippen LogP contribution >= 0.6 is 104 Å². The van der Waals surface area contributed by atoms with Crippen LogP contribution in [0.4, 0.5) is 60.9 Å². The van der Waals surface area contributed by atoms with Gasteiger partial charge >= 0.3 is 30.4 Å². The van der Waals surface area contributed by atoms with Crippen LogP contribution in [0.1, 0.15) is 117 Å². The van der Waals surface area contributed by atoms with Crippen molar-refractivity contribution in [2.24, 2.45) is 0 Å². The summed E-state index contributed by atoms with van der Waals surface area (Å²) >= 11 is 12.1. The van der Waals surface area contributed by atoms with Crippen LogP contribution in [0.3, 0.4) is 0 Å². The molecule has 8 saturated heterocycles. The van der Waals surface area contributed by atoms with E-state index in [0.29, 0.717) is 166 Å². The van der Waals surface area contributed by atoms with Crippen LogP contribution < -0.4 is 43.6 Å². The van der Waals surface area contributed by atoms with Crippen LogP contribution in [0, 0.1) is 26.6 Å². The molecule has 0 saturated carbocycles. The van der Waals surface area contributed by atoms with Crippen LogP contribution in [0.15, 0.2) is 91.8 Å². The summed E-state index contributed by atoms with van der Waals surface area (Å²) in [5.74, 6) is 1.81. The molecule has 15 heterocycles. The number of carbonyl (C=O) groups is 3. The Bertz CT molecular complexity index is 5400. The number of piperazine rings is 3. The summed E-state index contributed by atoms with van der Waals surface area (Å²) in [7, 11) is 6.25. The molecule has 0 aliphatic carbocycles. The minimum atomic E-state index is -4.63. The molecular formula is C98H140Cl2F6N24O7S6. The molecule has 2 aromatic carbocycles. The highest BCUT2D eigenvalue weighted by molar-refractivity contribution is 7.60. The molecule has 143 heavy (non-hydrogen) atoms. The largest absolute Gasteiger partial charge is 0.462 e. The van der Waals surface area contributed by atoms with E-state index in [1.807, 2.05) is 24.5 Å². The van der Waals surface area contributed by atoms with Gasteiger partial charge in [0.25, 0.3) is 0 Å². The van der Waals surface area contributed by atoms with Gasteiger partial charge in [-0.25, -0.2) is 19.7 Å². The molecule has 11 aliphatic rings. The molecule has 786 valence electrons. The predicted molar refractivity (Wildman–Crippen MR) is 580 cm³/mol. The third kappa shape index (κ3) is 30.3. The number of amides is 3. The zero-order chi connectivity index (χ0) is 95.0. The third-order valence-corrected chi connectivity index (χ3v) is 28.3. The first kappa shape index (κ1) is 121. The van der Waals surface area contributed by atoms with E-state index in [1.165, 1.54) is 61.7 Å². The number of likely N-dealkylation sites (N-methyl/N-ethyl adjacent to an activating group) is 3. The number of anilines is 6. The maximum atomic E-state index is 14.1. The number of hydrogen-bond donors (Lipinski definition) is 0. The summed E-state index contributed by atoms with van der Waals surface area (Å²) in [4.78, 5) is 112. The molecule has 0 radical (unpaired) electrons. The first-order chi connectivity index (χ1) is 65.2. The Kier molecular flexibility index (Phi) is 47.7. The summed E-state index contributed by atoms with van der Waals surface area (Å²) in [5, 5.41) is -0.693. The molecule has 3 amide bonds. The Labute approximate surface area is 889 Å². The summed E-state index contributed by atoms with van der Waals surface area (Å²) in [6, 6.07) is 11.1. The van der Waals surface area contributed by atoms with Gasteiger partial charge in [0.15, 0.2) is 0 Å². The molecule has 0 N–H and O–H groups in total. The second-order valence-corrected chi connectivity index (χ2v) is 37.1. The van der Waals surface area contributed by atoms with Gasteiger partial charge in [-0.15, -0.1) is 0 Å². The molecule has 6 atom stereocenters. The smallest absolute Gasteiger partial charge is 0.419 e. The molecule has 0 spiro atoms. The second-order valence-electron chi connectivity index (χ2n) is 36.3. The maximum absolute atomic E-state index is 14.1. The molecule has 0 bridgehead atoms. The Balaban J connectivity index is 0.000000285. The number of pyridine rings is 1. The number of hydrogen-bond acceptors (Lipinski definition) is 25. The first-order valence-electron chi connectivity index (χ1n) is 46.9. The zero-order valence-electron chi connectivity index (χ0n) is 80.3. The number of rotatable bonds is 25. The van der Waals surface area contributed by atoms with E-state index >= 15 is 0 Å². The van der Waals surface area contributed by atoms with Crippen molar-refractivity contribution in [1.82, 2.24) is 74.1 Å². The van der Waals surface area contributed by atoms with Crippen molar-refractivity contribution in [3.05, 3.63) is 187 Å². The van der Waals surface area contributed by atoms with Gasteiger partial charge in [0.05, 0.1) is 82.5 Å². The monoisotopic (exact) mass is 2140 g/mol. The van der Waals surface area contributed by atoms with Gasteiger partial charge in [0, 0.05) is 170 Å². The van der Waals surface area contributed by atoms with Crippen molar-refractivity contribution in [3.63, 3.8) is 0 Å². The lowest BCUT2D eigenvalue weighted by atomic mass is 10.0. The highest BCUT2D eigenvalue weighted by atomic mass is 35.5. The molecule has 31 nitrogen and oxygen atoms in total. The number of halogens is 8. The number of alkyl halides is 6. The summed E-state index contributed by atoms with van der Waals surface area (Å²) < 4.78 is 109. The minimum Gasteiger partial charge on any atom is -0.462 e. The fraction of sp³-hybridized carbons (Fsp3) is 0.582. The number of aryl methyl sites for hydroxylation is 1. The van der Waals surface area contributed by atoms with E-state index in [1.54, 1.807) is 36.7 Å². The average Bonchev–Trinajstić information content (AvgIpc) is 1.43. The highest BCUT2D eigenvalue weighted by Gasteiger charge is 2.44. The number of aromatic nitrogens is 7. The normalized spacial score (nSPS) is 20.9. The Hall–Kier alpha value is -8.85. The molecule has 8 fully saturated rings. The Morgan fingerprint density at radius 3 is 1.13 bits per heavy atom. The zero-order valence-corrected chi connectivity index (χ0v) is 87.8. The lowest BCUT2D eigenvalue weighted by Gasteiger charge is -2.41. The Morgan fingerprint density at radius 1 is 0.455 bits per heavy atom. The maximum Gasteiger partial charge on any atom is 0.419 e. The minimum absolute atomic E-state index is 0. The summed E-state index contributed by atoms with van der Waals surface area (Å²) in [6.07, 6.45) is 13.2. The van der Waals surface area contributed by atoms with E-state index in [2.05, 4.69) is 104 Å². The van der Waals surface area contributed by atoms with Crippen molar-refractivity contribution in [3.8, 4) is 18.0 Å². The number of likely N-dealkylation sites (tertiary alicyclic amines) is 4. The molecule has 17 rings (SSSR count). The first-order valence-corrected chi connectivity index (χ1v) is 47.7. The van der Waals surface area contributed by atoms with Crippen LogP contribution in [-0.4, -0.2) is 339 Å². The van der Waals surface area contributed by atoms with E-state index in [-0.39, 0.29) is 210 Å². The van der Waals surface area contributed by atoms with Gasteiger partial charge in [-0.2, -0.15) is 137 Å². The average molecular weight is 2140 g/mol. The van der Waals surface area contributed by atoms with Crippen LogP contribution in [0.25, 0.3) is 14.5 Å². The van der Waals surface area contributed by atoms with Gasteiger partial charge in [0.2, 0.25) is 37.4 Å². The fourth-order valence-electron chi connectivity index (χ4n) is 20.2. The summed E-state index contributed by atoms with van der Waals surface area (Å²) in [5.41, 5.74) is 5.56. The predicted octanol–water partition coefficient (Wildman–Crippen LogP) is 13.1. The van der Waals surface area contributed by atoms with Crippen molar-refractivity contribution in [2.45, 2.75) is 161 Å². The van der Waals surface area contributed by atoms with Crippen molar-refractivity contribution >= 4 is 156 Å². The number of benzene rings is 2. The van der Waals surface area contributed by atoms with Gasteiger partial charge in [-0.1, -0.05) is 68.9 Å². The lowest BCUT2D eigenvalue weighted by Crippen LogP contribution is -2.56. The number of ether oxygens (including phenoxy) is 4. The van der Waals surface area contributed by atoms with Crippen molar-refractivity contribution in [2.75, 3.05) is 241 Å². The Morgan fingerprint density at radius 2 is 0.804 bits per heavy atom. The molecule has 6 aromatic rings. The quantitative estimate of drug-likeness (QED) is 0.0294. The molecule has 4 aromatic heterocycles. The molecule has 0 unspecified atom stereocenters. The van der Waals surface area contributed by atoms with E-state index in [0.717, 1.165) is 137 Å². The number of morpholine rings is 1. The SMILES string of the molecule is C.C.S.S.S.S.S.S.[C-]#[N+]C[C@H]1CN(c2nc(OC[C@@H]3CCCN3C)nc3c2CCN(c2cccc(Cl)c2C(F)(F)F)C3)CCN1C(=O)/C=C/CN1CCCC1.[C-]#[N+]C[C@H]1CN(c2nc(OC[C@@H]3CCCN3C)nc3c2CCN(c2cccc(Cl)c2C(F)(F)F)C3)CCN1C(=O)/C=C/CN1CCOCC1.[C-]#[N+]C[C@H]1CN(c2nc(OC[C@@H]3CCCN3C)nc3c2CCN(c2ccncc2C)C3)CCN1C(=O)C=C. The molecule has 11 aliphatic heterocycles. The van der Waals surface area contributed by atoms with Gasteiger partial charge in [0.1, 0.15) is 55.4 Å². The van der Waals surface area contributed by atoms with Gasteiger partial charge in [-0.3, -0.25) is 29.2 Å². The van der Waals surface area contributed by atoms with Crippen LogP contribution in [0.5, 0.6) is 18.0 Å². The second kappa shape index (κ2) is 56.3. The molecule has 45 heteroatoms. The number of nitrogens with zero attached hydrogens (tertiary/aromatic N) is 24. The van der Waals surface area contributed by atoms with E-state index in [4.69, 9.17) is 91.8 Å². The number of carbonyl (C=O) groups excluding carboxylic acids is 3. The molecular weight excluding hydrogens is 2000 g/mol. The lowest BCUT2D eigenvalue weighted by molar-refractivity contribution is -0.137.